The maximum atomic E-state index is 6.08. The van der Waals surface area contributed by atoms with E-state index in [9.17, 15) is 0 Å². The zero-order chi connectivity index (χ0) is 10.4. The molecule has 78 valence electrons. The molecule has 0 heterocycles. The molecule has 0 spiro atoms. The summed E-state index contributed by atoms with van der Waals surface area (Å²) in [5, 5.41) is 1.54. The zero-order valence-electron chi connectivity index (χ0n) is 8.79. The van der Waals surface area contributed by atoms with Gasteiger partial charge in [0.15, 0.2) is 0 Å². The first-order chi connectivity index (χ1) is 6.74. The van der Waals surface area contributed by atoms with Gasteiger partial charge in [-0.15, -0.1) is 11.8 Å². The normalized spacial score (nSPS) is 12.8. The van der Waals surface area contributed by atoms with Crippen molar-refractivity contribution in [3.05, 3.63) is 29.3 Å². The quantitative estimate of drug-likeness (QED) is 0.639. The third kappa shape index (κ3) is 3.93. The van der Waals surface area contributed by atoms with Gasteiger partial charge < -0.3 is 0 Å². The minimum atomic E-state index is 0.662. The number of thioether (sulfide) groups is 1. The Morgan fingerprint density at radius 3 is 2.71 bits per heavy atom. The minimum absolute atomic E-state index is 0.662. The molecular weight excluding hydrogens is 212 g/mol. The van der Waals surface area contributed by atoms with E-state index in [2.05, 4.69) is 19.9 Å². The summed E-state index contributed by atoms with van der Waals surface area (Å²) in [6, 6.07) is 8.07. The summed E-state index contributed by atoms with van der Waals surface area (Å²) in [6.07, 6.45) is 3.85. The second kappa shape index (κ2) is 6.36. The number of benzene rings is 1. The van der Waals surface area contributed by atoms with Crippen molar-refractivity contribution in [3.63, 3.8) is 0 Å². The molecule has 0 aromatic heterocycles. The van der Waals surface area contributed by atoms with Gasteiger partial charge in [-0.2, -0.15) is 0 Å². The molecule has 2 heteroatoms. The Hall–Kier alpha value is -0.140. The van der Waals surface area contributed by atoms with Crippen LogP contribution in [-0.2, 0) is 0 Å². The topological polar surface area (TPSA) is 0 Å². The molecule has 1 aromatic rings. The van der Waals surface area contributed by atoms with Crippen molar-refractivity contribution in [1.82, 2.24) is 0 Å². The minimum Gasteiger partial charge on any atom is -0.121 e. The van der Waals surface area contributed by atoms with Gasteiger partial charge in [0.05, 0.1) is 5.02 Å². The van der Waals surface area contributed by atoms with Crippen LogP contribution in [0.5, 0.6) is 0 Å². The predicted molar refractivity (Wildman–Crippen MR) is 66.3 cm³/mol. The summed E-state index contributed by atoms with van der Waals surface area (Å²) in [5.74, 6) is 0. The summed E-state index contributed by atoms with van der Waals surface area (Å²) in [5.41, 5.74) is 0. The molecule has 0 aliphatic carbocycles. The van der Waals surface area contributed by atoms with Crippen LogP contribution in [0.4, 0.5) is 0 Å². The van der Waals surface area contributed by atoms with Gasteiger partial charge in [0.1, 0.15) is 0 Å². The summed E-state index contributed by atoms with van der Waals surface area (Å²) >= 11 is 7.96. The highest BCUT2D eigenvalue weighted by Gasteiger charge is 2.06. The van der Waals surface area contributed by atoms with Crippen LogP contribution in [-0.4, -0.2) is 5.25 Å². The van der Waals surface area contributed by atoms with E-state index in [4.69, 9.17) is 11.6 Å². The average Bonchev–Trinajstić information content (AvgIpc) is 2.18. The molecule has 0 aliphatic rings. The number of unbranched alkanes of at least 4 members (excludes halogenated alkanes) is 1. The van der Waals surface area contributed by atoms with Crippen molar-refractivity contribution < 1.29 is 0 Å². The van der Waals surface area contributed by atoms with Gasteiger partial charge in [-0.3, -0.25) is 0 Å². The van der Waals surface area contributed by atoms with Crippen LogP contribution in [0, 0.1) is 0 Å². The molecule has 0 N–H and O–H groups in total. The van der Waals surface area contributed by atoms with E-state index in [1.807, 2.05) is 30.0 Å². The van der Waals surface area contributed by atoms with Crippen LogP contribution in [0.1, 0.15) is 33.1 Å². The van der Waals surface area contributed by atoms with Gasteiger partial charge in [0.25, 0.3) is 0 Å². The molecule has 1 aromatic carbocycles. The highest BCUT2D eigenvalue weighted by Crippen LogP contribution is 2.31. The molecule has 0 amide bonds. The Labute approximate surface area is 96.0 Å². The van der Waals surface area contributed by atoms with E-state index in [1.54, 1.807) is 0 Å². The maximum absolute atomic E-state index is 6.08. The number of hydrogen-bond acceptors (Lipinski definition) is 1. The van der Waals surface area contributed by atoms with Gasteiger partial charge in [-0.05, 0) is 18.6 Å². The second-order valence-corrected chi connectivity index (χ2v) is 5.39. The predicted octanol–water partition coefficient (Wildman–Crippen LogP) is 5.01. The van der Waals surface area contributed by atoms with Crippen LogP contribution >= 0.6 is 23.4 Å². The maximum Gasteiger partial charge on any atom is 0.0541 e. The van der Waals surface area contributed by atoms with Crippen molar-refractivity contribution in [1.29, 1.82) is 0 Å². The summed E-state index contributed by atoms with van der Waals surface area (Å²) < 4.78 is 0. The van der Waals surface area contributed by atoms with Crippen molar-refractivity contribution in [2.45, 2.75) is 43.3 Å². The van der Waals surface area contributed by atoms with E-state index < -0.39 is 0 Å². The van der Waals surface area contributed by atoms with Crippen molar-refractivity contribution >= 4 is 23.4 Å². The fraction of sp³-hybridized carbons (Fsp3) is 0.500. The zero-order valence-corrected chi connectivity index (χ0v) is 10.4. The van der Waals surface area contributed by atoms with Crippen LogP contribution in [0.2, 0.25) is 5.02 Å². The largest absolute Gasteiger partial charge is 0.121 e. The number of halogens is 1. The van der Waals surface area contributed by atoms with E-state index in [1.165, 1.54) is 24.2 Å². The second-order valence-electron chi connectivity index (χ2n) is 3.50. The van der Waals surface area contributed by atoms with E-state index in [-0.39, 0.29) is 0 Å². The Balaban J connectivity index is 2.47. The molecule has 0 bridgehead atoms. The molecular formula is C12H17ClS. The first-order valence-corrected chi connectivity index (χ1v) is 6.41. The standard InChI is InChI=1S/C12H17ClS/c1-3-4-7-10(2)14-12-9-6-5-8-11(12)13/h5-6,8-10H,3-4,7H2,1-2H3. The molecule has 0 nitrogen and oxygen atoms in total. The molecule has 1 atom stereocenters. The summed E-state index contributed by atoms with van der Waals surface area (Å²) in [7, 11) is 0. The van der Waals surface area contributed by atoms with Gasteiger partial charge in [-0.25, -0.2) is 0 Å². The Kier molecular flexibility index (Phi) is 5.42. The molecule has 0 saturated carbocycles. The molecule has 0 fully saturated rings. The van der Waals surface area contributed by atoms with Gasteiger partial charge in [-0.1, -0.05) is 50.4 Å². The monoisotopic (exact) mass is 228 g/mol. The van der Waals surface area contributed by atoms with Crippen molar-refractivity contribution in [3.8, 4) is 0 Å². The first-order valence-electron chi connectivity index (χ1n) is 5.15. The lowest BCUT2D eigenvalue weighted by Crippen LogP contribution is -1.95. The third-order valence-electron chi connectivity index (χ3n) is 2.13. The van der Waals surface area contributed by atoms with E-state index >= 15 is 0 Å². The van der Waals surface area contributed by atoms with Gasteiger partial charge in [0, 0.05) is 10.1 Å². The summed E-state index contributed by atoms with van der Waals surface area (Å²) in [4.78, 5) is 1.21. The lowest BCUT2D eigenvalue weighted by molar-refractivity contribution is 0.713. The van der Waals surface area contributed by atoms with Crippen LogP contribution in [0.25, 0.3) is 0 Å². The fourth-order valence-corrected chi connectivity index (χ4v) is 2.63. The van der Waals surface area contributed by atoms with Crippen LogP contribution < -0.4 is 0 Å². The lowest BCUT2D eigenvalue weighted by Gasteiger charge is -2.11. The smallest absolute Gasteiger partial charge is 0.0541 e. The Morgan fingerprint density at radius 1 is 1.36 bits per heavy atom. The molecule has 0 radical (unpaired) electrons. The number of rotatable bonds is 5. The van der Waals surface area contributed by atoms with Crippen LogP contribution in [0.15, 0.2) is 29.2 Å². The molecule has 0 saturated heterocycles. The van der Waals surface area contributed by atoms with E-state index in [0.29, 0.717) is 5.25 Å². The molecule has 14 heavy (non-hydrogen) atoms. The van der Waals surface area contributed by atoms with Crippen molar-refractivity contribution in [2.24, 2.45) is 0 Å². The van der Waals surface area contributed by atoms with E-state index in [0.717, 1.165) is 5.02 Å². The van der Waals surface area contributed by atoms with Gasteiger partial charge in [0.2, 0.25) is 0 Å². The first kappa shape index (κ1) is 11.9. The Bertz CT molecular complexity index is 273. The molecule has 0 aliphatic heterocycles. The van der Waals surface area contributed by atoms with Crippen LogP contribution in [0.3, 0.4) is 0 Å². The average molecular weight is 229 g/mol. The lowest BCUT2D eigenvalue weighted by atomic mass is 10.2. The highest BCUT2D eigenvalue weighted by molar-refractivity contribution is 8.00. The molecule has 1 unspecified atom stereocenters. The third-order valence-corrected chi connectivity index (χ3v) is 3.82. The fourth-order valence-electron chi connectivity index (χ4n) is 1.31. The van der Waals surface area contributed by atoms with Crippen molar-refractivity contribution in [2.75, 3.05) is 0 Å². The van der Waals surface area contributed by atoms with Gasteiger partial charge >= 0.3 is 0 Å². The highest BCUT2D eigenvalue weighted by atomic mass is 35.5. The summed E-state index contributed by atoms with van der Waals surface area (Å²) in [6.45, 7) is 4.50. The SMILES string of the molecule is CCCCC(C)Sc1ccccc1Cl. The number of hydrogen-bond donors (Lipinski definition) is 0. The Morgan fingerprint density at radius 2 is 2.07 bits per heavy atom. The molecule has 1 rings (SSSR count).